The van der Waals surface area contributed by atoms with Crippen molar-refractivity contribution in [3.05, 3.63) is 76.5 Å². The van der Waals surface area contributed by atoms with E-state index in [0.29, 0.717) is 64.7 Å². The van der Waals surface area contributed by atoms with E-state index in [1.54, 1.807) is 10.9 Å². The zero-order valence-corrected chi connectivity index (χ0v) is 23.0. The number of piperidine rings is 1. The molecule has 39 heavy (non-hydrogen) atoms. The topological polar surface area (TPSA) is 108 Å². The number of benzene rings is 2. The van der Waals surface area contributed by atoms with Gasteiger partial charge in [0.05, 0.1) is 11.2 Å². The number of aromatic nitrogens is 6. The van der Waals surface area contributed by atoms with Gasteiger partial charge in [-0.05, 0) is 61.7 Å². The molecule has 0 radical (unpaired) electrons. The summed E-state index contributed by atoms with van der Waals surface area (Å²) in [4.78, 5) is 29.3. The van der Waals surface area contributed by atoms with Crippen LogP contribution in [0.1, 0.15) is 25.3 Å². The van der Waals surface area contributed by atoms with Gasteiger partial charge in [-0.1, -0.05) is 42.3 Å². The van der Waals surface area contributed by atoms with Crippen molar-refractivity contribution in [2.45, 2.75) is 26.7 Å². The Balaban J connectivity index is 1.62. The van der Waals surface area contributed by atoms with Gasteiger partial charge in [-0.25, -0.2) is 9.67 Å². The summed E-state index contributed by atoms with van der Waals surface area (Å²) in [5.41, 5.74) is 8.95. The molecule has 0 saturated carbocycles. The lowest BCUT2D eigenvalue weighted by atomic mass is 9.80. The zero-order valence-electron chi connectivity index (χ0n) is 21.5. The summed E-state index contributed by atoms with van der Waals surface area (Å²) in [7, 11) is 0. The fourth-order valence-corrected chi connectivity index (χ4v) is 5.24. The van der Waals surface area contributed by atoms with E-state index < -0.39 is 5.41 Å². The number of amides is 1. The van der Waals surface area contributed by atoms with Gasteiger partial charge in [-0.15, -0.1) is 0 Å². The molecule has 198 valence electrons. The lowest BCUT2D eigenvalue weighted by Crippen LogP contribution is -2.45. The predicted octanol–water partition coefficient (Wildman–Crippen LogP) is 5.38. The van der Waals surface area contributed by atoms with E-state index in [-0.39, 0.29) is 5.91 Å². The number of aryl methyl sites for hydroxylation is 1. The first-order valence-electron chi connectivity index (χ1n) is 12.6. The lowest BCUT2D eigenvalue weighted by molar-refractivity contribution is -0.127. The van der Waals surface area contributed by atoms with E-state index in [9.17, 15) is 4.79 Å². The Bertz CT molecular complexity index is 1700. The number of carbonyl (C=O) groups is 1. The standard InChI is InChI=1S/C28H26Cl2N8O/c1-17-15-32-37(16-17)27-34-24(36-13-11-28(2,12-14-36)26(31)39)22-25(35-27)38(19-9-7-18(29)8-10-19)23(33-22)20-5-3-4-6-21(20)30/h3-10,15-16H,11-14H2,1-2H3,(H2,31,39). The summed E-state index contributed by atoms with van der Waals surface area (Å²) >= 11 is 12.9. The highest BCUT2D eigenvalue weighted by Gasteiger charge is 2.37. The predicted molar refractivity (Wildman–Crippen MR) is 153 cm³/mol. The Morgan fingerprint density at radius 3 is 2.36 bits per heavy atom. The third kappa shape index (κ3) is 4.51. The number of halogens is 2. The summed E-state index contributed by atoms with van der Waals surface area (Å²) in [6.45, 7) is 5.08. The number of imidazole rings is 1. The van der Waals surface area contributed by atoms with Gasteiger partial charge in [0, 0.05) is 41.0 Å². The number of carbonyl (C=O) groups excluding carboxylic acids is 1. The molecular formula is C28H26Cl2N8O. The molecule has 0 aliphatic carbocycles. The number of fused-ring (bicyclic) bond motifs is 1. The summed E-state index contributed by atoms with van der Waals surface area (Å²) in [6, 6.07) is 15.1. The van der Waals surface area contributed by atoms with Crippen LogP contribution in [-0.4, -0.2) is 48.3 Å². The molecule has 2 N–H and O–H groups in total. The molecule has 1 aliphatic heterocycles. The Morgan fingerprint density at radius 1 is 1.00 bits per heavy atom. The molecule has 5 aromatic rings. The number of hydrogen-bond donors (Lipinski definition) is 1. The van der Waals surface area contributed by atoms with Gasteiger partial charge in [0.1, 0.15) is 5.82 Å². The minimum Gasteiger partial charge on any atom is -0.369 e. The first kappa shape index (κ1) is 25.3. The minimum absolute atomic E-state index is 0.282. The average Bonchev–Trinajstić information content (AvgIpc) is 3.53. The maximum Gasteiger partial charge on any atom is 0.254 e. The molecule has 2 aromatic carbocycles. The van der Waals surface area contributed by atoms with Gasteiger partial charge in [0.15, 0.2) is 17.0 Å². The van der Waals surface area contributed by atoms with Crippen LogP contribution in [0.4, 0.5) is 5.82 Å². The average molecular weight is 561 g/mol. The Labute approximate surface area is 235 Å². The maximum atomic E-state index is 12.1. The Morgan fingerprint density at radius 2 is 1.72 bits per heavy atom. The van der Waals surface area contributed by atoms with Crippen molar-refractivity contribution in [2.24, 2.45) is 11.1 Å². The SMILES string of the molecule is Cc1cnn(-c2nc(N3CCC(C)(C(N)=O)CC3)c3nc(-c4ccccc4Cl)n(-c4ccc(Cl)cc4)c3n2)c1. The van der Waals surface area contributed by atoms with Crippen LogP contribution in [0.15, 0.2) is 60.9 Å². The van der Waals surface area contributed by atoms with Crippen LogP contribution >= 0.6 is 23.2 Å². The molecule has 1 fully saturated rings. The van der Waals surface area contributed by atoms with Crippen LogP contribution in [0.2, 0.25) is 10.0 Å². The molecule has 1 amide bonds. The molecule has 4 heterocycles. The fourth-order valence-electron chi connectivity index (χ4n) is 4.89. The molecule has 1 saturated heterocycles. The van der Waals surface area contributed by atoms with Crippen LogP contribution < -0.4 is 10.6 Å². The molecule has 9 nitrogen and oxygen atoms in total. The van der Waals surface area contributed by atoms with Gasteiger partial charge in [-0.2, -0.15) is 15.1 Å². The van der Waals surface area contributed by atoms with Crippen molar-refractivity contribution in [3.8, 4) is 23.0 Å². The van der Waals surface area contributed by atoms with E-state index in [1.807, 2.05) is 73.1 Å². The molecule has 6 rings (SSSR count). The summed E-state index contributed by atoms with van der Waals surface area (Å²) in [6.07, 6.45) is 4.86. The normalized spacial score (nSPS) is 15.1. The fraction of sp³-hybridized carbons (Fsp3) is 0.250. The molecule has 11 heteroatoms. The van der Waals surface area contributed by atoms with E-state index >= 15 is 0 Å². The summed E-state index contributed by atoms with van der Waals surface area (Å²) < 4.78 is 3.62. The van der Waals surface area contributed by atoms with E-state index in [2.05, 4.69) is 10.00 Å². The van der Waals surface area contributed by atoms with Crippen LogP contribution in [0, 0.1) is 12.3 Å². The highest BCUT2D eigenvalue weighted by molar-refractivity contribution is 6.33. The summed E-state index contributed by atoms with van der Waals surface area (Å²) in [5, 5.41) is 5.65. The smallest absolute Gasteiger partial charge is 0.254 e. The van der Waals surface area contributed by atoms with E-state index in [0.717, 1.165) is 16.8 Å². The zero-order chi connectivity index (χ0) is 27.3. The number of anilines is 1. The lowest BCUT2D eigenvalue weighted by Gasteiger charge is -2.37. The first-order valence-corrected chi connectivity index (χ1v) is 13.4. The second-order valence-electron chi connectivity index (χ2n) is 10.1. The highest BCUT2D eigenvalue weighted by Crippen LogP contribution is 2.38. The molecule has 0 atom stereocenters. The maximum absolute atomic E-state index is 12.1. The summed E-state index contributed by atoms with van der Waals surface area (Å²) in [5.74, 6) is 1.42. The third-order valence-electron chi connectivity index (χ3n) is 7.35. The van der Waals surface area contributed by atoms with Gasteiger partial charge >= 0.3 is 0 Å². The number of hydrogen-bond acceptors (Lipinski definition) is 6. The van der Waals surface area contributed by atoms with Gasteiger partial charge in [0.25, 0.3) is 5.95 Å². The number of nitrogens with two attached hydrogens (primary N) is 1. The van der Waals surface area contributed by atoms with Crippen molar-refractivity contribution in [1.29, 1.82) is 0 Å². The van der Waals surface area contributed by atoms with E-state index in [4.69, 9.17) is 43.9 Å². The first-order chi connectivity index (χ1) is 18.7. The minimum atomic E-state index is -0.560. The van der Waals surface area contributed by atoms with Crippen molar-refractivity contribution >= 4 is 46.1 Å². The molecule has 1 aliphatic rings. The van der Waals surface area contributed by atoms with Crippen molar-refractivity contribution in [2.75, 3.05) is 18.0 Å². The van der Waals surface area contributed by atoms with Crippen LogP contribution in [0.5, 0.6) is 0 Å². The quantitative estimate of drug-likeness (QED) is 0.309. The van der Waals surface area contributed by atoms with Crippen LogP contribution in [-0.2, 0) is 4.79 Å². The number of rotatable bonds is 5. The molecule has 0 spiro atoms. The van der Waals surface area contributed by atoms with Crippen molar-refractivity contribution < 1.29 is 4.79 Å². The number of nitrogens with zero attached hydrogens (tertiary/aromatic N) is 7. The molecule has 0 unspecified atom stereocenters. The second kappa shape index (κ2) is 9.66. The molecular weight excluding hydrogens is 535 g/mol. The van der Waals surface area contributed by atoms with Gasteiger partial charge in [-0.3, -0.25) is 9.36 Å². The molecule has 0 bridgehead atoms. The Hall–Kier alpha value is -3.95. The second-order valence-corrected chi connectivity index (χ2v) is 11.0. The van der Waals surface area contributed by atoms with Crippen LogP contribution in [0.25, 0.3) is 34.2 Å². The van der Waals surface area contributed by atoms with Gasteiger partial charge < -0.3 is 10.6 Å². The largest absolute Gasteiger partial charge is 0.369 e. The monoisotopic (exact) mass is 560 g/mol. The van der Waals surface area contributed by atoms with Crippen molar-refractivity contribution in [3.63, 3.8) is 0 Å². The Kier molecular flexibility index (Phi) is 6.28. The highest BCUT2D eigenvalue weighted by atomic mass is 35.5. The van der Waals surface area contributed by atoms with Gasteiger partial charge in [0.2, 0.25) is 5.91 Å². The van der Waals surface area contributed by atoms with Crippen molar-refractivity contribution in [1.82, 2.24) is 29.3 Å². The van der Waals surface area contributed by atoms with Crippen LogP contribution in [0.3, 0.4) is 0 Å². The van der Waals surface area contributed by atoms with E-state index in [1.165, 1.54) is 0 Å². The third-order valence-corrected chi connectivity index (χ3v) is 7.94. The molecule has 3 aromatic heterocycles. The number of primary amides is 1.